The minimum atomic E-state index is -4.71. The molecule has 0 radical (unpaired) electrons. The van der Waals surface area contributed by atoms with E-state index in [1.807, 2.05) is 31.2 Å². The van der Waals surface area contributed by atoms with Crippen LogP contribution in [0, 0.1) is 6.92 Å². The van der Waals surface area contributed by atoms with Crippen molar-refractivity contribution < 1.29 is 17.9 Å². The van der Waals surface area contributed by atoms with Gasteiger partial charge in [-0.05, 0) is 42.3 Å². The summed E-state index contributed by atoms with van der Waals surface area (Å²) in [5.41, 5.74) is 8.45. The van der Waals surface area contributed by atoms with Gasteiger partial charge in [0.15, 0.2) is 5.96 Å². The largest absolute Gasteiger partial charge is 0.573 e. The summed E-state index contributed by atoms with van der Waals surface area (Å²) >= 11 is 0. The lowest BCUT2D eigenvalue weighted by molar-refractivity contribution is -0.274. The van der Waals surface area contributed by atoms with E-state index in [1.54, 1.807) is 0 Å². The molecule has 0 heterocycles. The first-order chi connectivity index (χ1) is 10.8. The van der Waals surface area contributed by atoms with Gasteiger partial charge in [0.05, 0.1) is 6.54 Å². The molecule has 0 amide bonds. The zero-order chi connectivity index (χ0) is 16.9. The first kappa shape index (κ1) is 20.1. The Morgan fingerprint density at radius 3 is 2.33 bits per heavy atom. The van der Waals surface area contributed by atoms with Gasteiger partial charge in [-0.15, -0.1) is 37.1 Å². The molecule has 0 aliphatic rings. The summed E-state index contributed by atoms with van der Waals surface area (Å²) in [4.78, 5) is 4.20. The quantitative estimate of drug-likeness (QED) is 0.411. The van der Waals surface area contributed by atoms with E-state index in [4.69, 9.17) is 5.73 Å². The van der Waals surface area contributed by atoms with Crippen LogP contribution in [0.5, 0.6) is 5.75 Å². The third-order valence-corrected chi connectivity index (χ3v) is 3.04. The maximum Gasteiger partial charge on any atom is 0.573 e. The first-order valence-electron chi connectivity index (χ1n) is 6.81. The molecule has 0 saturated heterocycles. The van der Waals surface area contributed by atoms with E-state index in [2.05, 4.69) is 15.0 Å². The smallest absolute Gasteiger partial charge is 0.406 e. The normalized spacial score (nSPS) is 11.6. The van der Waals surface area contributed by atoms with E-state index in [9.17, 15) is 13.2 Å². The van der Waals surface area contributed by atoms with E-state index < -0.39 is 6.36 Å². The van der Waals surface area contributed by atoms with Crippen molar-refractivity contribution in [3.8, 4) is 5.75 Å². The molecule has 8 heteroatoms. The standard InChI is InChI=1S/C16H16F3N3O.HI/c1-11-4-2-3-5-12(11)10-21-15(20)22-13-6-8-14(9-7-13)23-16(17,18)19;/h2-9H,10H2,1H3,(H3,20,21,22);1H. The highest BCUT2D eigenvalue weighted by molar-refractivity contribution is 14.0. The molecule has 2 rings (SSSR count). The van der Waals surface area contributed by atoms with E-state index in [0.29, 0.717) is 12.2 Å². The molecule has 0 unspecified atom stereocenters. The molecule has 2 aromatic carbocycles. The van der Waals surface area contributed by atoms with Gasteiger partial charge in [-0.2, -0.15) is 0 Å². The van der Waals surface area contributed by atoms with Crippen molar-refractivity contribution in [3.63, 3.8) is 0 Å². The van der Waals surface area contributed by atoms with Gasteiger partial charge in [0.1, 0.15) is 5.75 Å². The number of hydrogen-bond acceptors (Lipinski definition) is 2. The molecule has 0 aliphatic carbocycles. The minimum Gasteiger partial charge on any atom is -0.406 e. The van der Waals surface area contributed by atoms with Crippen LogP contribution in [0.1, 0.15) is 11.1 Å². The second-order valence-electron chi connectivity index (χ2n) is 4.83. The predicted octanol–water partition coefficient (Wildman–Crippen LogP) is 4.44. The molecular formula is C16H17F3IN3O. The minimum absolute atomic E-state index is 0. The number of guanidine groups is 1. The van der Waals surface area contributed by atoms with Gasteiger partial charge in [0.25, 0.3) is 0 Å². The third kappa shape index (κ3) is 6.65. The summed E-state index contributed by atoms with van der Waals surface area (Å²) in [7, 11) is 0. The fourth-order valence-corrected chi connectivity index (χ4v) is 1.89. The molecule has 0 aliphatic heterocycles. The topological polar surface area (TPSA) is 59.6 Å². The number of nitrogens with one attached hydrogen (secondary N) is 1. The highest BCUT2D eigenvalue weighted by atomic mass is 127. The van der Waals surface area contributed by atoms with Gasteiger partial charge >= 0.3 is 6.36 Å². The van der Waals surface area contributed by atoms with Crippen LogP contribution in [0.2, 0.25) is 0 Å². The van der Waals surface area contributed by atoms with Crippen LogP contribution in [-0.4, -0.2) is 12.3 Å². The molecule has 3 N–H and O–H groups in total. The van der Waals surface area contributed by atoms with Gasteiger partial charge in [0, 0.05) is 5.69 Å². The van der Waals surface area contributed by atoms with Crippen molar-refractivity contribution in [1.82, 2.24) is 0 Å². The lowest BCUT2D eigenvalue weighted by Crippen LogP contribution is -2.22. The van der Waals surface area contributed by atoms with Crippen molar-refractivity contribution in [1.29, 1.82) is 0 Å². The van der Waals surface area contributed by atoms with Crippen molar-refractivity contribution in [2.24, 2.45) is 10.7 Å². The van der Waals surface area contributed by atoms with Gasteiger partial charge in [-0.25, -0.2) is 4.99 Å². The van der Waals surface area contributed by atoms with Gasteiger partial charge in [-0.3, -0.25) is 0 Å². The predicted molar refractivity (Wildman–Crippen MR) is 98.7 cm³/mol. The van der Waals surface area contributed by atoms with E-state index in [0.717, 1.165) is 11.1 Å². The Hall–Kier alpha value is -1.97. The maximum atomic E-state index is 12.1. The third-order valence-electron chi connectivity index (χ3n) is 3.04. The number of halogens is 4. The highest BCUT2D eigenvalue weighted by Crippen LogP contribution is 2.23. The van der Waals surface area contributed by atoms with Gasteiger partial charge in [0.2, 0.25) is 0 Å². The second kappa shape index (κ2) is 8.76. The summed E-state index contributed by atoms with van der Waals surface area (Å²) in [5, 5.41) is 2.81. The van der Waals surface area contributed by atoms with Crippen molar-refractivity contribution >= 4 is 35.6 Å². The van der Waals surface area contributed by atoms with Crippen LogP contribution in [0.3, 0.4) is 0 Å². The Balaban J connectivity index is 0.00000288. The summed E-state index contributed by atoms with van der Waals surface area (Å²) in [6, 6.07) is 13.0. The van der Waals surface area contributed by atoms with Gasteiger partial charge in [-0.1, -0.05) is 24.3 Å². The molecule has 0 saturated carbocycles. The van der Waals surface area contributed by atoms with Crippen molar-refractivity contribution in [3.05, 3.63) is 59.7 Å². The van der Waals surface area contributed by atoms with Crippen molar-refractivity contribution in [2.45, 2.75) is 19.8 Å². The summed E-state index contributed by atoms with van der Waals surface area (Å²) in [6.45, 7) is 2.40. The van der Waals surface area contributed by atoms with Crippen LogP contribution in [-0.2, 0) is 6.54 Å². The number of hydrogen-bond donors (Lipinski definition) is 2. The Labute approximate surface area is 154 Å². The highest BCUT2D eigenvalue weighted by Gasteiger charge is 2.30. The number of alkyl halides is 3. The summed E-state index contributed by atoms with van der Waals surface area (Å²) in [6.07, 6.45) is -4.71. The van der Waals surface area contributed by atoms with Crippen LogP contribution in [0.25, 0.3) is 0 Å². The monoisotopic (exact) mass is 451 g/mol. The number of anilines is 1. The second-order valence-corrected chi connectivity index (χ2v) is 4.83. The zero-order valence-corrected chi connectivity index (χ0v) is 15.1. The number of benzene rings is 2. The Kier molecular flexibility index (Phi) is 7.33. The fourth-order valence-electron chi connectivity index (χ4n) is 1.89. The first-order valence-corrected chi connectivity index (χ1v) is 6.81. The lowest BCUT2D eigenvalue weighted by Gasteiger charge is -2.10. The van der Waals surface area contributed by atoms with Crippen LogP contribution in [0.4, 0.5) is 18.9 Å². The van der Waals surface area contributed by atoms with E-state index in [-0.39, 0.29) is 35.7 Å². The molecule has 0 fully saturated rings. The molecular weight excluding hydrogens is 434 g/mol. The molecule has 24 heavy (non-hydrogen) atoms. The number of aryl methyl sites for hydroxylation is 1. The maximum absolute atomic E-state index is 12.1. The molecule has 0 bridgehead atoms. The number of nitrogens with zero attached hydrogens (tertiary/aromatic N) is 1. The Bertz CT molecular complexity index is 688. The summed E-state index contributed by atoms with van der Waals surface area (Å²) < 4.78 is 40.0. The fraction of sp³-hybridized carbons (Fsp3) is 0.188. The van der Waals surface area contributed by atoms with Crippen LogP contribution < -0.4 is 15.8 Å². The van der Waals surface area contributed by atoms with Crippen LogP contribution >= 0.6 is 24.0 Å². The number of rotatable bonds is 4. The number of aliphatic imine (C=N–C) groups is 1. The van der Waals surface area contributed by atoms with Crippen LogP contribution in [0.15, 0.2) is 53.5 Å². The zero-order valence-electron chi connectivity index (χ0n) is 12.8. The molecule has 0 atom stereocenters. The SMILES string of the molecule is Cc1ccccc1CN=C(N)Nc1ccc(OC(F)(F)F)cc1.I. The lowest BCUT2D eigenvalue weighted by atomic mass is 10.1. The van der Waals surface area contributed by atoms with E-state index in [1.165, 1.54) is 24.3 Å². The average molecular weight is 451 g/mol. The molecule has 2 aromatic rings. The average Bonchev–Trinajstić information content (AvgIpc) is 2.47. The van der Waals surface area contributed by atoms with E-state index >= 15 is 0 Å². The molecule has 4 nitrogen and oxygen atoms in total. The molecule has 0 aromatic heterocycles. The molecule has 130 valence electrons. The number of nitrogens with two attached hydrogens (primary N) is 1. The molecule has 0 spiro atoms. The number of ether oxygens (including phenoxy) is 1. The Morgan fingerprint density at radius 1 is 1.12 bits per heavy atom. The summed E-state index contributed by atoms with van der Waals surface area (Å²) in [5.74, 6) is -0.115. The Morgan fingerprint density at radius 2 is 1.75 bits per heavy atom. The van der Waals surface area contributed by atoms with Gasteiger partial charge < -0.3 is 15.8 Å². The van der Waals surface area contributed by atoms with Crippen molar-refractivity contribution in [2.75, 3.05) is 5.32 Å².